The van der Waals surface area contributed by atoms with Crippen LogP contribution in [0.5, 0.6) is 11.5 Å². The Morgan fingerprint density at radius 1 is 1.07 bits per heavy atom. The first-order chi connectivity index (χ1) is 19.4. The van der Waals surface area contributed by atoms with Crippen molar-refractivity contribution in [2.45, 2.75) is 32.7 Å². The van der Waals surface area contributed by atoms with Crippen LogP contribution < -0.4 is 14.4 Å². The van der Waals surface area contributed by atoms with Crippen molar-refractivity contribution in [2.75, 3.05) is 18.1 Å². The topological polar surface area (TPSA) is 89.0 Å². The number of carbonyl (C=O) groups is 2. The second kappa shape index (κ2) is 11.8. The number of thiazole rings is 1. The molecule has 4 aromatic rings. The third kappa shape index (κ3) is 5.35. The third-order valence-corrected chi connectivity index (χ3v) is 7.64. The monoisotopic (exact) mass is 554 g/mol. The quantitative estimate of drug-likeness (QED) is 0.0748. The zero-order valence-corrected chi connectivity index (χ0v) is 23.2. The number of benzene rings is 3. The lowest BCUT2D eigenvalue weighted by atomic mass is 9.95. The first-order valence-electron chi connectivity index (χ1n) is 13.2. The van der Waals surface area contributed by atoms with Gasteiger partial charge in [0.05, 0.1) is 28.4 Å². The maximum absolute atomic E-state index is 13.6. The van der Waals surface area contributed by atoms with Crippen molar-refractivity contribution in [2.24, 2.45) is 0 Å². The minimum Gasteiger partial charge on any atom is -0.507 e. The molecular weight excluding hydrogens is 524 g/mol. The standard InChI is InChI=1S/C32H30N2O5S/c1-4-6-17-39-24-9-7-8-22(19-24)29(35)27-28(21-11-13-23(14-12-21)38-16-5-2)34(31(37)30(27)36)32-33-25-15-10-20(3)18-26(25)40-32/h5,7-15,18-19,28,35H,2,4,6,16-17H2,1,3H3. The Balaban J connectivity index is 1.62. The van der Waals surface area contributed by atoms with E-state index in [9.17, 15) is 14.7 Å². The van der Waals surface area contributed by atoms with Gasteiger partial charge in [-0.05, 0) is 60.9 Å². The van der Waals surface area contributed by atoms with Crippen LogP contribution in [0.2, 0.25) is 0 Å². The first-order valence-corrected chi connectivity index (χ1v) is 14.0. The normalized spacial score (nSPS) is 16.4. The summed E-state index contributed by atoms with van der Waals surface area (Å²) in [7, 11) is 0. The van der Waals surface area contributed by atoms with Gasteiger partial charge in [0.1, 0.15) is 23.9 Å². The molecule has 40 heavy (non-hydrogen) atoms. The summed E-state index contributed by atoms with van der Waals surface area (Å²) in [5.74, 6) is -0.593. The zero-order chi connectivity index (χ0) is 28.2. The highest BCUT2D eigenvalue weighted by Crippen LogP contribution is 2.44. The fraction of sp³-hybridized carbons (Fsp3) is 0.219. The molecule has 0 saturated carbocycles. The number of aromatic nitrogens is 1. The van der Waals surface area contributed by atoms with Gasteiger partial charge in [-0.2, -0.15) is 0 Å². The molecule has 2 heterocycles. The lowest BCUT2D eigenvalue weighted by Gasteiger charge is -2.23. The molecule has 1 N–H and O–H groups in total. The van der Waals surface area contributed by atoms with Gasteiger partial charge in [-0.15, -0.1) is 0 Å². The number of aliphatic hydroxyl groups is 1. The predicted octanol–water partition coefficient (Wildman–Crippen LogP) is 6.97. The summed E-state index contributed by atoms with van der Waals surface area (Å²) in [5, 5.41) is 11.9. The number of Topliss-reactive ketones (excluding diaryl/α,β-unsaturated/α-hetero) is 1. The molecule has 7 nitrogen and oxygen atoms in total. The Bertz CT molecular complexity index is 1610. The Morgan fingerprint density at radius 2 is 1.88 bits per heavy atom. The summed E-state index contributed by atoms with van der Waals surface area (Å²) < 4.78 is 12.3. The van der Waals surface area contributed by atoms with Gasteiger partial charge >= 0.3 is 5.91 Å². The van der Waals surface area contributed by atoms with Gasteiger partial charge in [0.25, 0.3) is 5.78 Å². The molecule has 1 fully saturated rings. The van der Waals surface area contributed by atoms with E-state index in [0.29, 0.717) is 41.0 Å². The largest absolute Gasteiger partial charge is 0.507 e. The SMILES string of the molecule is C=CCOc1ccc(C2C(=C(O)c3cccc(OCCCC)c3)C(=O)C(=O)N2c2nc3ccc(C)cc3s2)cc1. The fourth-order valence-electron chi connectivity index (χ4n) is 4.59. The number of amides is 1. The molecule has 3 aromatic carbocycles. The van der Waals surface area contributed by atoms with E-state index in [1.165, 1.54) is 16.2 Å². The van der Waals surface area contributed by atoms with Crippen molar-refractivity contribution >= 4 is 44.1 Å². The van der Waals surface area contributed by atoms with Gasteiger partial charge < -0.3 is 14.6 Å². The molecule has 1 unspecified atom stereocenters. The number of unbranched alkanes of at least 4 members (excludes halogenated alkanes) is 1. The molecular formula is C32H30N2O5S. The Hall–Kier alpha value is -4.43. The molecule has 0 bridgehead atoms. The Morgan fingerprint density at radius 3 is 2.62 bits per heavy atom. The summed E-state index contributed by atoms with van der Waals surface area (Å²) in [5.41, 5.74) is 2.82. The van der Waals surface area contributed by atoms with Crippen LogP contribution in [0.3, 0.4) is 0 Å². The van der Waals surface area contributed by atoms with Gasteiger partial charge in [-0.3, -0.25) is 14.5 Å². The predicted molar refractivity (Wildman–Crippen MR) is 158 cm³/mol. The van der Waals surface area contributed by atoms with Crippen LogP contribution in [0, 0.1) is 6.92 Å². The van der Waals surface area contributed by atoms with Crippen LogP contribution >= 0.6 is 11.3 Å². The Kier molecular flexibility index (Phi) is 7.98. The molecule has 5 rings (SSSR count). The van der Waals surface area contributed by atoms with Crippen molar-refractivity contribution in [1.82, 2.24) is 4.98 Å². The molecule has 0 radical (unpaired) electrons. The average molecular weight is 555 g/mol. The number of rotatable bonds is 10. The maximum atomic E-state index is 13.6. The summed E-state index contributed by atoms with van der Waals surface area (Å²) >= 11 is 1.33. The number of ether oxygens (including phenoxy) is 2. The molecule has 1 aliphatic rings. The van der Waals surface area contributed by atoms with Crippen molar-refractivity contribution in [3.05, 3.63) is 102 Å². The number of ketones is 1. The molecule has 0 aliphatic carbocycles. The number of hydrogen-bond donors (Lipinski definition) is 1. The highest BCUT2D eigenvalue weighted by atomic mass is 32.1. The first kappa shape index (κ1) is 27.1. The van der Waals surface area contributed by atoms with Crippen molar-refractivity contribution in [3.8, 4) is 11.5 Å². The summed E-state index contributed by atoms with van der Waals surface area (Å²) in [6, 6.07) is 19.0. The zero-order valence-electron chi connectivity index (χ0n) is 22.4. The Labute approximate surface area is 237 Å². The van der Waals surface area contributed by atoms with Crippen LogP contribution in [-0.2, 0) is 9.59 Å². The molecule has 8 heteroatoms. The lowest BCUT2D eigenvalue weighted by Crippen LogP contribution is -2.29. The molecule has 1 atom stereocenters. The van der Waals surface area contributed by atoms with Gasteiger partial charge in [0, 0.05) is 5.56 Å². The minimum atomic E-state index is -0.889. The number of aryl methyl sites for hydroxylation is 1. The molecule has 1 saturated heterocycles. The van der Waals surface area contributed by atoms with Gasteiger partial charge in [0.15, 0.2) is 5.13 Å². The summed E-state index contributed by atoms with van der Waals surface area (Å²) in [4.78, 5) is 33.2. The van der Waals surface area contributed by atoms with Crippen LogP contribution in [0.15, 0.2) is 85.0 Å². The summed E-state index contributed by atoms with van der Waals surface area (Å²) in [6.07, 6.45) is 3.54. The van der Waals surface area contributed by atoms with Crippen LogP contribution in [0.25, 0.3) is 16.0 Å². The van der Waals surface area contributed by atoms with E-state index < -0.39 is 17.7 Å². The second-order valence-corrected chi connectivity index (χ2v) is 10.5. The molecule has 1 aromatic heterocycles. The van der Waals surface area contributed by atoms with Crippen LogP contribution in [-0.4, -0.2) is 35.0 Å². The average Bonchev–Trinajstić information content (AvgIpc) is 3.49. The highest BCUT2D eigenvalue weighted by molar-refractivity contribution is 7.22. The second-order valence-electron chi connectivity index (χ2n) is 9.54. The van der Waals surface area contributed by atoms with Crippen molar-refractivity contribution < 1.29 is 24.2 Å². The van der Waals surface area contributed by atoms with Gasteiger partial charge in [0.2, 0.25) is 0 Å². The molecule has 0 spiro atoms. The van der Waals surface area contributed by atoms with Crippen LogP contribution in [0.1, 0.15) is 42.5 Å². The minimum absolute atomic E-state index is 0.00842. The lowest BCUT2D eigenvalue weighted by molar-refractivity contribution is -0.132. The number of carbonyl (C=O) groups excluding carboxylic acids is 2. The van der Waals surface area contributed by atoms with E-state index in [0.717, 1.165) is 28.6 Å². The van der Waals surface area contributed by atoms with E-state index >= 15 is 0 Å². The smallest absolute Gasteiger partial charge is 0.301 e. The van der Waals surface area contributed by atoms with E-state index in [2.05, 4.69) is 18.5 Å². The summed E-state index contributed by atoms with van der Waals surface area (Å²) in [6.45, 7) is 8.63. The maximum Gasteiger partial charge on any atom is 0.301 e. The molecule has 1 amide bonds. The number of nitrogens with zero attached hydrogens (tertiary/aromatic N) is 2. The van der Waals surface area contributed by atoms with Gasteiger partial charge in [-0.1, -0.05) is 67.7 Å². The van der Waals surface area contributed by atoms with E-state index in [-0.39, 0.29) is 11.3 Å². The number of aliphatic hydroxyl groups excluding tert-OH is 1. The highest BCUT2D eigenvalue weighted by Gasteiger charge is 2.48. The number of fused-ring (bicyclic) bond motifs is 1. The molecule has 1 aliphatic heterocycles. The van der Waals surface area contributed by atoms with E-state index in [1.807, 2.05) is 25.1 Å². The van der Waals surface area contributed by atoms with Crippen molar-refractivity contribution in [3.63, 3.8) is 0 Å². The van der Waals surface area contributed by atoms with E-state index in [4.69, 9.17) is 9.47 Å². The third-order valence-electron chi connectivity index (χ3n) is 6.62. The van der Waals surface area contributed by atoms with E-state index in [1.54, 1.807) is 54.6 Å². The van der Waals surface area contributed by atoms with Crippen molar-refractivity contribution in [1.29, 1.82) is 0 Å². The fourth-order valence-corrected chi connectivity index (χ4v) is 5.68. The molecule has 204 valence electrons. The van der Waals surface area contributed by atoms with Crippen LogP contribution in [0.4, 0.5) is 5.13 Å². The number of hydrogen-bond acceptors (Lipinski definition) is 7. The number of anilines is 1. The van der Waals surface area contributed by atoms with Gasteiger partial charge in [-0.25, -0.2) is 4.98 Å².